The summed E-state index contributed by atoms with van der Waals surface area (Å²) >= 11 is 1.78. The van der Waals surface area contributed by atoms with Crippen LogP contribution in [0.25, 0.3) is 0 Å². The van der Waals surface area contributed by atoms with Gasteiger partial charge in [0.25, 0.3) is 0 Å². The number of aldehydes is 1. The third kappa shape index (κ3) is 4.64. The maximum absolute atomic E-state index is 10.5. The molecule has 0 aliphatic heterocycles. The standard InChI is InChI=1S/C9H19NO2S/c1-4-13-6-7(2)9(12)8(5-11)10-3/h5,7-10,12H,4,6H2,1-3H3/t7-,8-,9-/m1/s1. The van der Waals surface area contributed by atoms with Crippen LogP contribution in [-0.4, -0.2) is 42.1 Å². The number of hydrogen-bond acceptors (Lipinski definition) is 4. The van der Waals surface area contributed by atoms with Crippen LogP contribution in [0, 0.1) is 5.92 Å². The molecule has 0 aromatic rings. The molecule has 13 heavy (non-hydrogen) atoms. The van der Waals surface area contributed by atoms with Gasteiger partial charge in [0.2, 0.25) is 0 Å². The van der Waals surface area contributed by atoms with Crippen molar-refractivity contribution in [1.82, 2.24) is 5.32 Å². The Bertz CT molecular complexity index is 144. The number of nitrogens with one attached hydrogen (secondary N) is 1. The highest BCUT2D eigenvalue weighted by atomic mass is 32.2. The number of rotatable bonds is 7. The Hall–Kier alpha value is -0.0600. The smallest absolute Gasteiger partial charge is 0.139 e. The minimum atomic E-state index is -0.582. The molecule has 0 heterocycles. The van der Waals surface area contributed by atoms with Crippen molar-refractivity contribution < 1.29 is 9.90 Å². The summed E-state index contributed by atoms with van der Waals surface area (Å²) in [6.45, 7) is 4.04. The zero-order valence-corrected chi connectivity index (χ0v) is 9.30. The lowest BCUT2D eigenvalue weighted by Crippen LogP contribution is -2.43. The van der Waals surface area contributed by atoms with E-state index in [1.54, 1.807) is 18.8 Å². The zero-order chi connectivity index (χ0) is 10.3. The van der Waals surface area contributed by atoms with E-state index in [-0.39, 0.29) is 5.92 Å². The molecule has 0 aromatic heterocycles. The molecule has 0 amide bonds. The molecule has 3 nitrogen and oxygen atoms in total. The third-order valence-corrected chi connectivity index (χ3v) is 3.19. The largest absolute Gasteiger partial charge is 0.391 e. The van der Waals surface area contributed by atoms with Gasteiger partial charge in [0, 0.05) is 0 Å². The van der Waals surface area contributed by atoms with Gasteiger partial charge in [-0.05, 0) is 24.5 Å². The Morgan fingerprint density at radius 3 is 2.62 bits per heavy atom. The van der Waals surface area contributed by atoms with Crippen molar-refractivity contribution in [3.05, 3.63) is 0 Å². The molecule has 0 saturated heterocycles. The van der Waals surface area contributed by atoms with E-state index in [2.05, 4.69) is 12.2 Å². The topological polar surface area (TPSA) is 49.3 Å². The number of thioether (sulfide) groups is 1. The Morgan fingerprint density at radius 1 is 1.62 bits per heavy atom. The van der Waals surface area contributed by atoms with Crippen LogP contribution in [0.4, 0.5) is 0 Å². The Morgan fingerprint density at radius 2 is 2.23 bits per heavy atom. The van der Waals surface area contributed by atoms with Crippen LogP contribution in [-0.2, 0) is 4.79 Å². The fourth-order valence-electron chi connectivity index (χ4n) is 1.08. The van der Waals surface area contributed by atoms with Gasteiger partial charge in [0.1, 0.15) is 6.29 Å². The molecule has 0 aliphatic carbocycles. The van der Waals surface area contributed by atoms with Gasteiger partial charge in [-0.3, -0.25) is 0 Å². The lowest BCUT2D eigenvalue weighted by molar-refractivity contribution is -0.112. The maximum Gasteiger partial charge on any atom is 0.139 e. The van der Waals surface area contributed by atoms with Crippen molar-refractivity contribution in [2.75, 3.05) is 18.6 Å². The predicted octanol–water partition coefficient (Wildman–Crippen LogP) is 0.523. The van der Waals surface area contributed by atoms with Gasteiger partial charge in [-0.2, -0.15) is 11.8 Å². The van der Waals surface area contributed by atoms with E-state index >= 15 is 0 Å². The van der Waals surface area contributed by atoms with Gasteiger partial charge in [0.15, 0.2) is 0 Å². The molecule has 0 bridgehead atoms. The first kappa shape index (κ1) is 12.9. The van der Waals surface area contributed by atoms with E-state index in [0.29, 0.717) is 0 Å². The fourth-order valence-corrected chi connectivity index (χ4v) is 1.88. The summed E-state index contributed by atoms with van der Waals surface area (Å²) in [5.41, 5.74) is 0. The van der Waals surface area contributed by atoms with Crippen LogP contribution in [0.15, 0.2) is 0 Å². The van der Waals surface area contributed by atoms with Gasteiger partial charge in [-0.15, -0.1) is 0 Å². The van der Waals surface area contributed by atoms with Crippen molar-refractivity contribution in [2.24, 2.45) is 5.92 Å². The maximum atomic E-state index is 10.5. The quantitative estimate of drug-likeness (QED) is 0.595. The molecule has 0 fully saturated rings. The summed E-state index contributed by atoms with van der Waals surface area (Å²) in [5.74, 6) is 2.08. The van der Waals surface area contributed by atoms with E-state index in [4.69, 9.17) is 0 Å². The second kappa shape index (κ2) is 7.35. The Kier molecular flexibility index (Phi) is 7.32. The van der Waals surface area contributed by atoms with Crippen LogP contribution in [0.3, 0.4) is 0 Å². The predicted molar refractivity (Wildman–Crippen MR) is 57.1 cm³/mol. The van der Waals surface area contributed by atoms with Gasteiger partial charge in [-0.25, -0.2) is 0 Å². The highest BCUT2D eigenvalue weighted by molar-refractivity contribution is 7.99. The second-order valence-electron chi connectivity index (χ2n) is 3.08. The Balaban J connectivity index is 3.90. The molecule has 78 valence electrons. The van der Waals surface area contributed by atoms with Crippen molar-refractivity contribution in [2.45, 2.75) is 26.0 Å². The van der Waals surface area contributed by atoms with Crippen molar-refractivity contribution in [1.29, 1.82) is 0 Å². The summed E-state index contributed by atoms with van der Waals surface area (Å²) in [6.07, 6.45) is 0.180. The van der Waals surface area contributed by atoms with Crippen molar-refractivity contribution >= 4 is 18.0 Å². The number of carbonyl (C=O) groups excluding carboxylic acids is 1. The summed E-state index contributed by atoms with van der Waals surface area (Å²) in [5, 5.41) is 12.5. The van der Waals surface area contributed by atoms with Crippen LogP contribution in [0.1, 0.15) is 13.8 Å². The molecule has 0 spiro atoms. The molecule has 3 atom stereocenters. The number of aliphatic hydroxyl groups excluding tert-OH is 1. The van der Waals surface area contributed by atoms with Gasteiger partial charge < -0.3 is 15.2 Å². The van der Waals surface area contributed by atoms with E-state index in [9.17, 15) is 9.90 Å². The van der Waals surface area contributed by atoms with Crippen LogP contribution < -0.4 is 5.32 Å². The second-order valence-corrected chi connectivity index (χ2v) is 4.40. The van der Waals surface area contributed by atoms with Gasteiger partial charge >= 0.3 is 0 Å². The summed E-state index contributed by atoms with van der Waals surface area (Å²) in [6, 6.07) is -0.438. The normalized spacial score (nSPS) is 17.8. The lowest BCUT2D eigenvalue weighted by atomic mass is 10.0. The lowest BCUT2D eigenvalue weighted by Gasteiger charge is -2.22. The molecule has 0 rings (SSSR count). The van der Waals surface area contributed by atoms with Crippen LogP contribution in [0.5, 0.6) is 0 Å². The summed E-state index contributed by atoms with van der Waals surface area (Å²) in [4.78, 5) is 10.5. The Labute approximate surface area is 84.3 Å². The van der Waals surface area contributed by atoms with E-state index in [1.165, 1.54) is 0 Å². The zero-order valence-electron chi connectivity index (χ0n) is 8.49. The minimum absolute atomic E-state index is 0.146. The van der Waals surface area contributed by atoms with Gasteiger partial charge in [0.05, 0.1) is 12.1 Å². The molecule has 0 radical (unpaired) electrons. The monoisotopic (exact) mass is 205 g/mol. The average Bonchev–Trinajstić information content (AvgIpc) is 2.15. The first-order valence-corrected chi connectivity index (χ1v) is 5.71. The SMILES string of the molecule is CCSC[C@@H](C)[C@@H](O)[C@@H](C=O)NC. The molecule has 0 aliphatic rings. The number of hydrogen-bond donors (Lipinski definition) is 2. The molecule has 2 N–H and O–H groups in total. The van der Waals surface area contributed by atoms with E-state index < -0.39 is 12.1 Å². The highest BCUT2D eigenvalue weighted by Crippen LogP contribution is 2.13. The molecule has 0 aromatic carbocycles. The number of likely N-dealkylation sites (N-methyl/N-ethyl adjacent to an activating group) is 1. The first-order chi connectivity index (χ1) is 6.17. The van der Waals surface area contributed by atoms with Gasteiger partial charge in [-0.1, -0.05) is 13.8 Å². The molecular formula is C9H19NO2S. The van der Waals surface area contributed by atoms with Crippen molar-refractivity contribution in [3.8, 4) is 0 Å². The number of aliphatic hydroxyl groups is 1. The van der Waals surface area contributed by atoms with Crippen LogP contribution in [0.2, 0.25) is 0 Å². The minimum Gasteiger partial charge on any atom is -0.391 e. The molecule has 0 saturated carbocycles. The highest BCUT2D eigenvalue weighted by Gasteiger charge is 2.22. The van der Waals surface area contributed by atoms with Crippen molar-refractivity contribution in [3.63, 3.8) is 0 Å². The molecule has 0 unspecified atom stereocenters. The van der Waals surface area contributed by atoms with E-state index in [0.717, 1.165) is 17.8 Å². The summed E-state index contributed by atoms with van der Waals surface area (Å²) in [7, 11) is 1.68. The number of carbonyl (C=O) groups is 1. The van der Waals surface area contributed by atoms with E-state index in [1.807, 2.05) is 6.92 Å². The molecular weight excluding hydrogens is 186 g/mol. The summed E-state index contributed by atoms with van der Waals surface area (Å²) < 4.78 is 0. The third-order valence-electron chi connectivity index (χ3n) is 2.02. The average molecular weight is 205 g/mol. The van der Waals surface area contributed by atoms with Crippen LogP contribution >= 0.6 is 11.8 Å². The first-order valence-electron chi connectivity index (χ1n) is 4.55. The fraction of sp³-hybridized carbons (Fsp3) is 0.889. The molecule has 4 heteroatoms.